The second-order valence-corrected chi connectivity index (χ2v) is 10.8. The van der Waals surface area contributed by atoms with E-state index < -0.39 is 0 Å². The Morgan fingerprint density at radius 2 is 1.82 bits per heavy atom. The smallest absolute Gasteiger partial charge is 0.0585 e. The molecule has 1 N–H and O–H groups in total. The summed E-state index contributed by atoms with van der Waals surface area (Å²) in [6, 6.07) is 22.4. The molecule has 2 aromatic carbocycles. The number of rotatable bonds is 3. The van der Waals surface area contributed by atoms with Crippen LogP contribution < -0.4 is 0 Å². The SMILES string of the molecule is Cc1ncccc1-c1ccc2c(c1)CCC1=C3C[C@H](O)C[C@]3(C)CC[C@]12Cc1ccccc1. The molecule has 3 aromatic rings. The van der Waals surface area contributed by atoms with Crippen molar-refractivity contribution in [3.05, 3.63) is 100 Å². The van der Waals surface area contributed by atoms with Gasteiger partial charge in [-0.05, 0) is 85.6 Å². The van der Waals surface area contributed by atoms with Gasteiger partial charge in [0, 0.05) is 22.9 Å². The van der Waals surface area contributed by atoms with Gasteiger partial charge in [-0.25, -0.2) is 0 Å². The van der Waals surface area contributed by atoms with Gasteiger partial charge in [0.2, 0.25) is 0 Å². The van der Waals surface area contributed by atoms with Crippen LogP contribution in [-0.4, -0.2) is 16.2 Å². The predicted octanol–water partition coefficient (Wildman–Crippen LogP) is 6.74. The molecule has 33 heavy (non-hydrogen) atoms. The van der Waals surface area contributed by atoms with Crippen LogP contribution in [0.1, 0.15) is 61.4 Å². The van der Waals surface area contributed by atoms with Crippen molar-refractivity contribution in [1.82, 2.24) is 4.98 Å². The van der Waals surface area contributed by atoms with Crippen LogP contribution in [0.4, 0.5) is 0 Å². The van der Waals surface area contributed by atoms with E-state index in [1.807, 2.05) is 12.3 Å². The average molecular weight is 436 g/mol. The van der Waals surface area contributed by atoms with Crippen LogP contribution in [0.15, 0.2) is 78.0 Å². The number of allylic oxidation sites excluding steroid dienone is 1. The Morgan fingerprint density at radius 3 is 2.64 bits per heavy atom. The second kappa shape index (κ2) is 7.67. The normalized spacial score (nSPS) is 28.3. The highest BCUT2D eigenvalue weighted by atomic mass is 16.3. The van der Waals surface area contributed by atoms with Gasteiger partial charge in [0.05, 0.1) is 6.10 Å². The number of nitrogens with zero attached hydrogens (tertiary/aromatic N) is 1. The number of aromatic nitrogens is 1. The molecular formula is C31H33NO. The maximum absolute atomic E-state index is 10.6. The molecule has 0 bridgehead atoms. The fourth-order valence-electron chi connectivity index (χ4n) is 7.27. The van der Waals surface area contributed by atoms with E-state index in [1.54, 1.807) is 11.1 Å². The van der Waals surface area contributed by atoms with Gasteiger partial charge in [-0.15, -0.1) is 0 Å². The van der Waals surface area contributed by atoms with E-state index in [2.05, 4.69) is 73.4 Å². The first-order valence-electron chi connectivity index (χ1n) is 12.5. The van der Waals surface area contributed by atoms with Gasteiger partial charge in [0.25, 0.3) is 0 Å². The van der Waals surface area contributed by atoms with E-state index in [0.717, 1.165) is 37.8 Å². The van der Waals surface area contributed by atoms with E-state index in [-0.39, 0.29) is 16.9 Å². The third-order valence-corrected chi connectivity index (χ3v) is 8.83. The van der Waals surface area contributed by atoms with E-state index in [1.165, 1.54) is 40.7 Å². The fourth-order valence-corrected chi connectivity index (χ4v) is 7.27. The standard InChI is InChI=1S/C31H33NO/c1-21-26(9-6-16-32-21)23-10-12-27-24(17-23)11-13-28-29-18-25(33)20-30(29,2)14-15-31(27,28)19-22-7-4-3-5-8-22/h3-10,12,16-17,25,33H,11,13-15,18-20H2,1-2H3/t25-,30-,31+/m0/s1. The first kappa shape index (κ1) is 20.9. The minimum absolute atomic E-state index is 0.0519. The number of hydrogen-bond acceptors (Lipinski definition) is 2. The lowest BCUT2D eigenvalue weighted by atomic mass is 9.54. The van der Waals surface area contributed by atoms with Crippen LogP contribution in [0.3, 0.4) is 0 Å². The number of benzene rings is 2. The number of hydrogen-bond donors (Lipinski definition) is 1. The van der Waals surface area contributed by atoms with Crippen LogP contribution in [0.5, 0.6) is 0 Å². The molecule has 2 heteroatoms. The summed E-state index contributed by atoms with van der Waals surface area (Å²) in [4.78, 5) is 4.52. The molecule has 3 atom stereocenters. The third kappa shape index (κ3) is 3.30. The van der Waals surface area contributed by atoms with Crippen LogP contribution in [-0.2, 0) is 18.3 Å². The summed E-state index contributed by atoms with van der Waals surface area (Å²) in [6.07, 6.45) is 9.08. The van der Waals surface area contributed by atoms with E-state index in [0.29, 0.717) is 0 Å². The second-order valence-electron chi connectivity index (χ2n) is 10.8. The Morgan fingerprint density at radius 1 is 0.970 bits per heavy atom. The summed E-state index contributed by atoms with van der Waals surface area (Å²) in [6.45, 7) is 4.50. The first-order chi connectivity index (χ1) is 16.0. The first-order valence-corrected chi connectivity index (χ1v) is 12.5. The average Bonchev–Trinajstić information content (AvgIpc) is 3.13. The summed E-state index contributed by atoms with van der Waals surface area (Å²) in [5.74, 6) is 0. The zero-order valence-corrected chi connectivity index (χ0v) is 19.8. The lowest BCUT2D eigenvalue weighted by molar-refractivity contribution is 0.156. The molecule has 2 nitrogen and oxygen atoms in total. The topological polar surface area (TPSA) is 33.1 Å². The fraction of sp³-hybridized carbons (Fsp3) is 0.387. The lowest BCUT2D eigenvalue weighted by Crippen LogP contribution is -2.42. The Balaban J connectivity index is 1.53. The molecule has 1 heterocycles. The largest absolute Gasteiger partial charge is 0.393 e. The number of aryl methyl sites for hydroxylation is 2. The highest BCUT2D eigenvalue weighted by Gasteiger charge is 2.52. The quantitative estimate of drug-likeness (QED) is 0.462. The molecular weight excluding hydrogens is 402 g/mol. The molecule has 1 fully saturated rings. The van der Waals surface area contributed by atoms with Crippen molar-refractivity contribution in [2.75, 3.05) is 0 Å². The van der Waals surface area contributed by atoms with Crippen LogP contribution in [0.2, 0.25) is 0 Å². The molecule has 0 aliphatic heterocycles. The minimum Gasteiger partial charge on any atom is -0.393 e. The van der Waals surface area contributed by atoms with Crippen molar-refractivity contribution in [2.45, 2.75) is 70.3 Å². The van der Waals surface area contributed by atoms with Crippen LogP contribution in [0.25, 0.3) is 11.1 Å². The molecule has 1 aromatic heterocycles. The van der Waals surface area contributed by atoms with E-state index in [4.69, 9.17) is 0 Å². The van der Waals surface area contributed by atoms with Crippen molar-refractivity contribution in [3.63, 3.8) is 0 Å². The molecule has 0 amide bonds. The Labute approximate surface area is 197 Å². The van der Waals surface area contributed by atoms with Crippen molar-refractivity contribution < 1.29 is 5.11 Å². The van der Waals surface area contributed by atoms with E-state index >= 15 is 0 Å². The monoisotopic (exact) mass is 435 g/mol. The molecule has 0 spiro atoms. The summed E-state index contributed by atoms with van der Waals surface area (Å²) in [5.41, 5.74) is 11.5. The van der Waals surface area contributed by atoms with Crippen LogP contribution in [0, 0.1) is 12.3 Å². The summed E-state index contributed by atoms with van der Waals surface area (Å²) < 4.78 is 0. The summed E-state index contributed by atoms with van der Waals surface area (Å²) in [7, 11) is 0. The summed E-state index contributed by atoms with van der Waals surface area (Å²) >= 11 is 0. The van der Waals surface area contributed by atoms with Crippen molar-refractivity contribution in [3.8, 4) is 11.1 Å². The zero-order chi connectivity index (χ0) is 22.6. The van der Waals surface area contributed by atoms with Crippen molar-refractivity contribution >= 4 is 0 Å². The molecule has 168 valence electrons. The van der Waals surface area contributed by atoms with Gasteiger partial charge in [-0.1, -0.05) is 72.7 Å². The maximum Gasteiger partial charge on any atom is 0.0585 e. The van der Waals surface area contributed by atoms with Gasteiger partial charge >= 0.3 is 0 Å². The Kier molecular flexibility index (Phi) is 4.85. The van der Waals surface area contributed by atoms with Crippen LogP contribution >= 0.6 is 0 Å². The van der Waals surface area contributed by atoms with E-state index in [9.17, 15) is 5.11 Å². The minimum atomic E-state index is -0.178. The van der Waals surface area contributed by atoms with Crippen molar-refractivity contribution in [2.24, 2.45) is 5.41 Å². The number of aliphatic hydroxyl groups excluding tert-OH is 1. The van der Waals surface area contributed by atoms with Gasteiger partial charge in [0.1, 0.15) is 0 Å². The number of pyridine rings is 1. The predicted molar refractivity (Wildman–Crippen MR) is 134 cm³/mol. The molecule has 6 rings (SSSR count). The number of fused-ring (bicyclic) bond motifs is 4. The molecule has 0 saturated heterocycles. The third-order valence-electron chi connectivity index (χ3n) is 8.83. The van der Waals surface area contributed by atoms with Gasteiger partial charge in [-0.2, -0.15) is 0 Å². The molecule has 0 radical (unpaired) electrons. The lowest BCUT2D eigenvalue weighted by Gasteiger charge is -2.50. The molecule has 0 unspecified atom stereocenters. The van der Waals surface area contributed by atoms with Gasteiger partial charge in [0.15, 0.2) is 0 Å². The molecule has 1 saturated carbocycles. The Hall–Kier alpha value is -2.71. The van der Waals surface area contributed by atoms with Gasteiger partial charge in [-0.3, -0.25) is 4.98 Å². The molecule has 3 aliphatic rings. The zero-order valence-electron chi connectivity index (χ0n) is 19.8. The summed E-state index contributed by atoms with van der Waals surface area (Å²) in [5, 5.41) is 10.6. The Bertz CT molecular complexity index is 1240. The highest BCUT2D eigenvalue weighted by Crippen LogP contribution is 2.61. The van der Waals surface area contributed by atoms with Crippen molar-refractivity contribution in [1.29, 1.82) is 0 Å². The maximum atomic E-state index is 10.6. The highest BCUT2D eigenvalue weighted by molar-refractivity contribution is 5.68. The molecule has 3 aliphatic carbocycles. The van der Waals surface area contributed by atoms with Gasteiger partial charge < -0.3 is 5.11 Å². The number of aliphatic hydroxyl groups is 1.